The molecule has 0 radical (unpaired) electrons. The van der Waals surface area contributed by atoms with E-state index >= 15 is 0 Å². The van der Waals surface area contributed by atoms with Gasteiger partial charge in [-0.2, -0.15) is 0 Å². The molecule has 7 nitrogen and oxygen atoms in total. The Balaban J connectivity index is 1.08. The molecular weight excluding hydrogens is 460 g/mol. The number of thioether (sulfide) groups is 1. The highest BCUT2D eigenvalue weighted by Crippen LogP contribution is 2.35. The van der Waals surface area contributed by atoms with Crippen LogP contribution >= 0.6 is 11.8 Å². The van der Waals surface area contributed by atoms with Crippen molar-refractivity contribution < 1.29 is 14.4 Å². The van der Waals surface area contributed by atoms with Crippen molar-refractivity contribution in [3.8, 4) is 0 Å². The zero-order chi connectivity index (χ0) is 23.9. The molecule has 182 valence electrons. The van der Waals surface area contributed by atoms with Crippen molar-refractivity contribution in [2.75, 3.05) is 30.7 Å². The van der Waals surface area contributed by atoms with E-state index in [0.29, 0.717) is 24.4 Å². The zero-order valence-electron chi connectivity index (χ0n) is 19.7. The number of piperidine rings is 2. The van der Waals surface area contributed by atoms with Crippen molar-refractivity contribution in [2.24, 2.45) is 0 Å². The molecule has 2 aromatic rings. The molecule has 2 N–H and O–H groups in total. The molecule has 0 saturated carbocycles. The fraction of sp³-hybridized carbons (Fsp3) is 0.444. The Bertz CT molecular complexity index is 1190. The Hall–Kier alpha value is -2.84. The van der Waals surface area contributed by atoms with E-state index in [1.807, 2.05) is 17.8 Å². The minimum absolute atomic E-state index is 0.103. The molecule has 0 aromatic heterocycles. The zero-order valence-corrected chi connectivity index (χ0v) is 20.5. The molecular formula is C27H30N4O3S. The summed E-state index contributed by atoms with van der Waals surface area (Å²) < 4.78 is 0. The standard InChI is InChI=1S/C27H30N4O3S/c32-25-6-4-23(26(33)29-25)31-16-20-14-19(2-3-21(20)27(31)34)18-7-10-30(11-8-18)15-17-1-5-24-22(13-17)28-9-12-35-24/h1-3,5,13-14,18,23,28H,4,6-12,15-16H2,(H,29,32,33). The summed E-state index contributed by atoms with van der Waals surface area (Å²) >= 11 is 1.92. The highest BCUT2D eigenvalue weighted by atomic mass is 32.2. The maximum absolute atomic E-state index is 13.0. The molecule has 35 heavy (non-hydrogen) atoms. The SMILES string of the molecule is O=C1CCC(N2Cc3cc(C4CCN(Cc5ccc6c(c5)NCCS6)CC4)ccc3C2=O)C(=O)N1. The number of anilines is 1. The van der Waals surface area contributed by atoms with Gasteiger partial charge in [0.25, 0.3) is 5.91 Å². The number of nitrogens with one attached hydrogen (secondary N) is 2. The van der Waals surface area contributed by atoms with E-state index in [1.54, 1.807) is 4.90 Å². The molecule has 4 aliphatic rings. The lowest BCUT2D eigenvalue weighted by molar-refractivity contribution is -0.136. The smallest absolute Gasteiger partial charge is 0.255 e. The highest BCUT2D eigenvalue weighted by Gasteiger charge is 2.39. The number of hydrogen-bond donors (Lipinski definition) is 2. The van der Waals surface area contributed by atoms with Gasteiger partial charge in [-0.1, -0.05) is 18.2 Å². The number of carbonyl (C=O) groups is 3. The van der Waals surface area contributed by atoms with E-state index in [4.69, 9.17) is 0 Å². The Morgan fingerprint density at radius 2 is 1.86 bits per heavy atom. The van der Waals surface area contributed by atoms with Gasteiger partial charge in [0.15, 0.2) is 0 Å². The largest absolute Gasteiger partial charge is 0.383 e. The molecule has 0 bridgehead atoms. The lowest BCUT2D eigenvalue weighted by atomic mass is 9.87. The number of imide groups is 1. The third kappa shape index (κ3) is 4.45. The Morgan fingerprint density at radius 3 is 2.69 bits per heavy atom. The summed E-state index contributed by atoms with van der Waals surface area (Å²) in [4.78, 5) is 42.3. The number of rotatable bonds is 4. The van der Waals surface area contributed by atoms with Crippen LogP contribution in [-0.2, 0) is 22.7 Å². The van der Waals surface area contributed by atoms with Crippen LogP contribution < -0.4 is 10.6 Å². The van der Waals surface area contributed by atoms with Crippen molar-refractivity contribution >= 4 is 35.2 Å². The summed E-state index contributed by atoms with van der Waals surface area (Å²) in [7, 11) is 0. The summed E-state index contributed by atoms with van der Waals surface area (Å²) in [5, 5.41) is 5.89. The maximum atomic E-state index is 13.0. The minimum Gasteiger partial charge on any atom is -0.383 e. The van der Waals surface area contributed by atoms with Gasteiger partial charge in [0.1, 0.15) is 6.04 Å². The van der Waals surface area contributed by atoms with Gasteiger partial charge in [0.2, 0.25) is 11.8 Å². The first-order chi connectivity index (χ1) is 17.0. The lowest BCUT2D eigenvalue weighted by Crippen LogP contribution is -2.52. The quantitative estimate of drug-likeness (QED) is 0.640. The highest BCUT2D eigenvalue weighted by molar-refractivity contribution is 7.99. The molecule has 1 atom stereocenters. The molecule has 8 heteroatoms. The van der Waals surface area contributed by atoms with Gasteiger partial charge in [-0.25, -0.2) is 0 Å². The predicted molar refractivity (Wildman–Crippen MR) is 135 cm³/mol. The van der Waals surface area contributed by atoms with Gasteiger partial charge in [-0.3, -0.25) is 24.6 Å². The second kappa shape index (κ2) is 9.32. The third-order valence-corrected chi connectivity index (χ3v) is 8.81. The summed E-state index contributed by atoms with van der Waals surface area (Å²) in [6.07, 6.45) is 2.88. The van der Waals surface area contributed by atoms with Crippen molar-refractivity contribution in [3.05, 3.63) is 58.7 Å². The maximum Gasteiger partial charge on any atom is 0.255 e. The average molecular weight is 491 g/mol. The van der Waals surface area contributed by atoms with Gasteiger partial charge in [-0.05, 0) is 73.2 Å². The van der Waals surface area contributed by atoms with Crippen molar-refractivity contribution in [1.29, 1.82) is 0 Å². The molecule has 0 spiro atoms. The molecule has 3 amide bonds. The minimum atomic E-state index is -0.559. The van der Waals surface area contributed by atoms with E-state index < -0.39 is 6.04 Å². The normalized spacial score (nSPS) is 23.0. The summed E-state index contributed by atoms with van der Waals surface area (Å²) in [6, 6.07) is 12.5. The fourth-order valence-corrected chi connectivity index (χ4v) is 6.69. The molecule has 1 unspecified atom stereocenters. The average Bonchev–Trinajstić information content (AvgIpc) is 3.20. The number of hydrogen-bond acceptors (Lipinski definition) is 6. The summed E-state index contributed by atoms with van der Waals surface area (Å²) in [6.45, 7) is 4.57. The molecule has 2 fully saturated rings. The van der Waals surface area contributed by atoms with Crippen molar-refractivity contribution in [2.45, 2.75) is 55.6 Å². The van der Waals surface area contributed by atoms with Crippen LogP contribution in [0.4, 0.5) is 5.69 Å². The van der Waals surface area contributed by atoms with Crippen LogP contribution in [0.15, 0.2) is 41.3 Å². The van der Waals surface area contributed by atoms with E-state index in [1.165, 1.54) is 21.7 Å². The van der Waals surface area contributed by atoms with Crippen LogP contribution in [0.2, 0.25) is 0 Å². The Labute approximate surface area is 209 Å². The topological polar surface area (TPSA) is 81.8 Å². The van der Waals surface area contributed by atoms with Crippen LogP contribution in [-0.4, -0.2) is 59.0 Å². The molecule has 4 heterocycles. The van der Waals surface area contributed by atoms with Crippen LogP contribution in [0, 0.1) is 0 Å². The monoisotopic (exact) mass is 490 g/mol. The van der Waals surface area contributed by atoms with Crippen molar-refractivity contribution in [3.63, 3.8) is 0 Å². The van der Waals surface area contributed by atoms with Gasteiger partial charge in [0, 0.05) is 48.0 Å². The molecule has 4 aliphatic heterocycles. The van der Waals surface area contributed by atoms with Crippen LogP contribution in [0.5, 0.6) is 0 Å². The van der Waals surface area contributed by atoms with Gasteiger partial charge >= 0.3 is 0 Å². The first-order valence-electron chi connectivity index (χ1n) is 12.5. The van der Waals surface area contributed by atoms with Crippen molar-refractivity contribution in [1.82, 2.24) is 15.1 Å². The number of nitrogens with zero attached hydrogens (tertiary/aromatic N) is 2. The molecule has 2 saturated heterocycles. The van der Waals surface area contributed by atoms with E-state index in [0.717, 1.165) is 50.3 Å². The van der Waals surface area contributed by atoms with Gasteiger partial charge < -0.3 is 10.2 Å². The predicted octanol–water partition coefficient (Wildman–Crippen LogP) is 3.34. The second-order valence-corrected chi connectivity index (χ2v) is 11.1. The Morgan fingerprint density at radius 1 is 1.00 bits per heavy atom. The number of amides is 3. The van der Waals surface area contributed by atoms with Gasteiger partial charge in [-0.15, -0.1) is 11.8 Å². The first kappa shape index (κ1) is 22.6. The third-order valence-electron chi connectivity index (χ3n) is 7.73. The van der Waals surface area contributed by atoms with E-state index in [2.05, 4.69) is 45.9 Å². The number of likely N-dealkylation sites (tertiary alicyclic amines) is 1. The summed E-state index contributed by atoms with van der Waals surface area (Å²) in [5.74, 6) is 0.896. The van der Waals surface area contributed by atoms with Crippen LogP contribution in [0.1, 0.15) is 58.6 Å². The molecule has 0 aliphatic carbocycles. The molecule has 6 rings (SSSR count). The number of carbonyl (C=O) groups excluding carboxylic acids is 3. The summed E-state index contributed by atoms with van der Waals surface area (Å²) in [5.41, 5.74) is 5.61. The number of benzene rings is 2. The van der Waals surface area contributed by atoms with E-state index in [-0.39, 0.29) is 24.1 Å². The van der Waals surface area contributed by atoms with Gasteiger partial charge in [0.05, 0.1) is 0 Å². The van der Waals surface area contributed by atoms with Crippen LogP contribution in [0.3, 0.4) is 0 Å². The lowest BCUT2D eigenvalue weighted by Gasteiger charge is -2.32. The fourth-order valence-electron chi connectivity index (χ4n) is 5.82. The van der Waals surface area contributed by atoms with E-state index in [9.17, 15) is 14.4 Å². The first-order valence-corrected chi connectivity index (χ1v) is 13.5. The van der Waals surface area contributed by atoms with Crippen LogP contribution in [0.25, 0.3) is 0 Å². The second-order valence-electron chi connectivity index (χ2n) is 9.97. The Kier molecular flexibility index (Phi) is 6.02. The molecule has 2 aromatic carbocycles. The number of fused-ring (bicyclic) bond motifs is 2.